The molecule has 0 aromatic carbocycles. The summed E-state index contributed by atoms with van der Waals surface area (Å²) in [6, 6.07) is 0. The molecule has 0 unspecified atom stereocenters. The molecule has 116 valence electrons. The van der Waals surface area contributed by atoms with Crippen molar-refractivity contribution in [3.8, 4) is 10.8 Å². The van der Waals surface area contributed by atoms with Crippen molar-refractivity contribution in [2.24, 2.45) is 5.41 Å². The Morgan fingerprint density at radius 2 is 1.81 bits per heavy atom. The quantitative estimate of drug-likeness (QED) is 0.275. The Morgan fingerprint density at radius 3 is 2.24 bits per heavy atom. The van der Waals surface area contributed by atoms with Gasteiger partial charge in [0.25, 0.3) is 0 Å². The molecule has 0 saturated carbocycles. The van der Waals surface area contributed by atoms with E-state index in [0.29, 0.717) is 6.42 Å². The minimum atomic E-state index is -1.36. The summed E-state index contributed by atoms with van der Waals surface area (Å²) in [5, 5.41) is 0. The number of halogens is 1. The van der Waals surface area contributed by atoms with Crippen molar-refractivity contribution in [2.45, 2.75) is 33.1 Å². The highest BCUT2D eigenvalue weighted by Crippen LogP contribution is 2.32. The van der Waals surface area contributed by atoms with Crippen molar-refractivity contribution >= 4 is 27.9 Å². The minimum absolute atomic E-state index is 0.195. The van der Waals surface area contributed by atoms with Crippen LogP contribution in [0.4, 0.5) is 0 Å². The summed E-state index contributed by atoms with van der Waals surface area (Å²) in [7, 11) is 0. The van der Waals surface area contributed by atoms with E-state index in [2.05, 4.69) is 33.3 Å². The van der Waals surface area contributed by atoms with E-state index in [4.69, 9.17) is 9.47 Å². The number of carbonyl (C=O) groups is 2. The number of ether oxygens (including phenoxy) is 2. The van der Waals surface area contributed by atoms with E-state index in [0.717, 1.165) is 0 Å². The van der Waals surface area contributed by atoms with Crippen LogP contribution in [-0.2, 0) is 19.1 Å². The number of carbonyl (C=O) groups excluding carboxylic acids is 2. The molecule has 4 nitrogen and oxygen atoms in total. The molecular formula is C16H21BrO4. The van der Waals surface area contributed by atoms with Crippen LogP contribution in [0, 0.1) is 16.2 Å². The molecule has 0 saturated heterocycles. The van der Waals surface area contributed by atoms with Gasteiger partial charge in [-0.05, 0) is 31.5 Å². The first-order chi connectivity index (χ1) is 10.1. The van der Waals surface area contributed by atoms with Crippen LogP contribution in [-0.4, -0.2) is 25.2 Å². The van der Waals surface area contributed by atoms with Gasteiger partial charge in [-0.1, -0.05) is 30.7 Å². The van der Waals surface area contributed by atoms with E-state index in [9.17, 15) is 9.59 Å². The molecule has 0 bridgehead atoms. The van der Waals surface area contributed by atoms with Crippen molar-refractivity contribution in [1.82, 2.24) is 0 Å². The highest BCUT2D eigenvalue weighted by molar-refractivity contribution is 9.12. The molecule has 0 atom stereocenters. The number of hydrogen-bond donors (Lipinski definition) is 0. The third-order valence-corrected chi connectivity index (χ3v) is 3.09. The Hall–Kier alpha value is -1.54. The third kappa shape index (κ3) is 6.17. The van der Waals surface area contributed by atoms with Gasteiger partial charge in [0.1, 0.15) is 0 Å². The van der Waals surface area contributed by atoms with Gasteiger partial charge in [0.2, 0.25) is 0 Å². The summed E-state index contributed by atoms with van der Waals surface area (Å²) in [5.41, 5.74) is -1.36. The number of allylic oxidation sites excluding steroid dienone is 3. The second-order valence-corrected chi connectivity index (χ2v) is 4.56. The van der Waals surface area contributed by atoms with Gasteiger partial charge in [0.15, 0.2) is 5.41 Å². The van der Waals surface area contributed by atoms with Gasteiger partial charge >= 0.3 is 11.9 Å². The molecule has 0 aliphatic rings. The lowest BCUT2D eigenvalue weighted by Gasteiger charge is -2.27. The number of hydrogen-bond acceptors (Lipinski definition) is 4. The van der Waals surface area contributed by atoms with Gasteiger partial charge in [-0.2, -0.15) is 0 Å². The van der Waals surface area contributed by atoms with Crippen LogP contribution >= 0.6 is 15.9 Å². The molecule has 0 aliphatic carbocycles. The molecule has 0 aromatic rings. The summed E-state index contributed by atoms with van der Waals surface area (Å²) in [6.45, 7) is 7.38. The van der Waals surface area contributed by atoms with Crippen molar-refractivity contribution in [3.63, 3.8) is 0 Å². The fourth-order valence-electron chi connectivity index (χ4n) is 1.78. The molecular weight excluding hydrogens is 336 g/mol. The fraction of sp³-hybridized carbons (Fsp3) is 0.500. The maximum atomic E-state index is 12.3. The van der Waals surface area contributed by atoms with Gasteiger partial charge < -0.3 is 9.47 Å². The molecule has 0 radical (unpaired) electrons. The van der Waals surface area contributed by atoms with Crippen LogP contribution in [0.15, 0.2) is 24.8 Å². The zero-order valence-electron chi connectivity index (χ0n) is 12.5. The van der Waals surface area contributed by atoms with Crippen LogP contribution in [0.25, 0.3) is 0 Å². The summed E-state index contributed by atoms with van der Waals surface area (Å²) in [4.78, 5) is 27.2. The largest absolute Gasteiger partial charge is 0.465 e. The topological polar surface area (TPSA) is 52.6 Å². The molecule has 0 aromatic heterocycles. The SMILES string of the molecule is C=C/C=C/CC(CCC#CBr)(C(=O)OCC)C(=O)OCC. The van der Waals surface area contributed by atoms with E-state index in [1.807, 2.05) is 0 Å². The van der Waals surface area contributed by atoms with Crippen molar-refractivity contribution in [1.29, 1.82) is 0 Å². The molecule has 0 aliphatic heterocycles. The Kier molecular flexibility index (Phi) is 10.3. The Morgan fingerprint density at radius 1 is 1.24 bits per heavy atom. The van der Waals surface area contributed by atoms with Crippen LogP contribution < -0.4 is 0 Å². The molecule has 0 heterocycles. The summed E-state index contributed by atoms with van der Waals surface area (Å²) < 4.78 is 10.2. The van der Waals surface area contributed by atoms with Crippen LogP contribution in [0.1, 0.15) is 33.1 Å². The molecule has 0 amide bonds. The van der Waals surface area contributed by atoms with Crippen LogP contribution in [0.3, 0.4) is 0 Å². The van der Waals surface area contributed by atoms with Crippen LogP contribution in [0.2, 0.25) is 0 Å². The lowest BCUT2D eigenvalue weighted by Crippen LogP contribution is -2.42. The van der Waals surface area contributed by atoms with E-state index >= 15 is 0 Å². The summed E-state index contributed by atoms with van der Waals surface area (Å²) in [5.74, 6) is 1.64. The second-order valence-electron chi connectivity index (χ2n) is 4.16. The highest BCUT2D eigenvalue weighted by atomic mass is 79.9. The van der Waals surface area contributed by atoms with Crippen molar-refractivity contribution in [3.05, 3.63) is 24.8 Å². The summed E-state index contributed by atoms with van der Waals surface area (Å²) in [6.07, 6.45) is 5.79. The Bertz CT molecular complexity index is 425. The minimum Gasteiger partial charge on any atom is -0.465 e. The first-order valence-corrected chi connectivity index (χ1v) is 7.58. The molecule has 5 heteroatoms. The lowest BCUT2D eigenvalue weighted by molar-refractivity contribution is -0.172. The number of rotatable bonds is 9. The normalized spacial score (nSPS) is 10.6. The van der Waals surface area contributed by atoms with Gasteiger partial charge in [-0.3, -0.25) is 9.59 Å². The van der Waals surface area contributed by atoms with Gasteiger partial charge in [0, 0.05) is 22.4 Å². The highest BCUT2D eigenvalue weighted by Gasteiger charge is 2.47. The van der Waals surface area contributed by atoms with Gasteiger partial charge in [0.05, 0.1) is 13.2 Å². The average Bonchev–Trinajstić information content (AvgIpc) is 2.46. The first kappa shape index (κ1) is 19.5. The monoisotopic (exact) mass is 356 g/mol. The predicted octanol–water partition coefficient (Wildman–Crippen LogP) is 3.37. The molecule has 0 rings (SSSR count). The zero-order valence-corrected chi connectivity index (χ0v) is 14.1. The fourth-order valence-corrected chi connectivity index (χ4v) is 1.98. The molecule has 21 heavy (non-hydrogen) atoms. The van der Waals surface area contributed by atoms with E-state index in [1.165, 1.54) is 0 Å². The summed E-state index contributed by atoms with van der Waals surface area (Å²) >= 11 is 3.00. The first-order valence-electron chi connectivity index (χ1n) is 6.79. The predicted molar refractivity (Wildman–Crippen MR) is 85.6 cm³/mol. The molecule has 0 fully saturated rings. The van der Waals surface area contributed by atoms with Crippen molar-refractivity contribution < 1.29 is 19.1 Å². The maximum Gasteiger partial charge on any atom is 0.323 e. The second kappa shape index (κ2) is 11.2. The zero-order chi connectivity index (χ0) is 16.1. The molecule has 0 spiro atoms. The maximum absolute atomic E-state index is 12.3. The van der Waals surface area contributed by atoms with Crippen LogP contribution in [0.5, 0.6) is 0 Å². The van der Waals surface area contributed by atoms with Crippen molar-refractivity contribution in [2.75, 3.05) is 13.2 Å². The Balaban J connectivity index is 5.47. The lowest BCUT2D eigenvalue weighted by atomic mass is 9.79. The van der Waals surface area contributed by atoms with E-state index in [1.54, 1.807) is 32.1 Å². The third-order valence-electron chi connectivity index (χ3n) is 2.81. The van der Waals surface area contributed by atoms with E-state index in [-0.39, 0.29) is 26.1 Å². The van der Waals surface area contributed by atoms with Gasteiger partial charge in [-0.15, -0.1) is 0 Å². The number of esters is 2. The van der Waals surface area contributed by atoms with E-state index < -0.39 is 17.4 Å². The van der Waals surface area contributed by atoms with Gasteiger partial charge in [-0.25, -0.2) is 0 Å². The Labute approximate surface area is 134 Å². The standard InChI is InChI=1S/C16H21BrO4/c1-4-7-8-11-16(12-9-10-13-17,14(18)20-5-2)15(19)21-6-3/h4,7-8H,1,5-6,9,11-12H2,2-3H3/b8-7+. The average molecular weight is 357 g/mol. The molecule has 0 N–H and O–H groups in total. The smallest absolute Gasteiger partial charge is 0.323 e.